The molecule has 0 aliphatic rings. The van der Waals surface area contributed by atoms with Crippen LogP contribution in [0.25, 0.3) is 11.5 Å². The van der Waals surface area contributed by atoms with Crippen LogP contribution in [0, 0.1) is 13.8 Å². The van der Waals surface area contributed by atoms with Crippen LogP contribution in [0.5, 0.6) is 0 Å². The zero-order valence-corrected chi connectivity index (χ0v) is 12.9. The quantitative estimate of drug-likeness (QED) is 0.764. The van der Waals surface area contributed by atoms with Crippen molar-refractivity contribution in [1.29, 1.82) is 0 Å². The molecule has 3 heterocycles. The molecule has 0 radical (unpaired) electrons. The van der Waals surface area contributed by atoms with Gasteiger partial charge in [0.25, 0.3) is 0 Å². The maximum Gasteiger partial charge on any atom is 0.316 e. The standard InChI is InChI=1S/C15H16N6O2/c1-10-9-11(2)21(19-10)8-7-17-14(22)15-18-13(20-23-15)12-5-3-4-6-16-12/h3-6,9H,7-8H2,1-2H3,(H,17,22). The summed E-state index contributed by atoms with van der Waals surface area (Å²) in [4.78, 5) is 20.2. The van der Waals surface area contributed by atoms with Gasteiger partial charge in [0, 0.05) is 18.4 Å². The van der Waals surface area contributed by atoms with E-state index < -0.39 is 5.91 Å². The van der Waals surface area contributed by atoms with E-state index in [1.165, 1.54) is 0 Å². The van der Waals surface area contributed by atoms with E-state index in [9.17, 15) is 4.79 Å². The molecule has 0 saturated carbocycles. The molecule has 23 heavy (non-hydrogen) atoms. The van der Waals surface area contributed by atoms with Crippen molar-refractivity contribution in [3.05, 3.63) is 47.7 Å². The molecule has 1 amide bonds. The molecule has 3 aromatic rings. The number of nitrogens with zero attached hydrogens (tertiary/aromatic N) is 5. The molecule has 1 N–H and O–H groups in total. The Morgan fingerprint density at radius 3 is 2.91 bits per heavy atom. The molecular formula is C15H16N6O2. The van der Waals surface area contributed by atoms with E-state index in [2.05, 4.69) is 25.5 Å². The third kappa shape index (κ3) is 3.42. The van der Waals surface area contributed by atoms with Crippen LogP contribution < -0.4 is 5.32 Å². The van der Waals surface area contributed by atoms with E-state index >= 15 is 0 Å². The minimum Gasteiger partial charge on any atom is -0.346 e. The van der Waals surface area contributed by atoms with Crippen molar-refractivity contribution in [1.82, 2.24) is 30.2 Å². The summed E-state index contributed by atoms with van der Waals surface area (Å²) >= 11 is 0. The minimum atomic E-state index is -0.416. The van der Waals surface area contributed by atoms with E-state index in [0.29, 0.717) is 18.8 Å². The van der Waals surface area contributed by atoms with Crippen LogP contribution in [-0.4, -0.2) is 37.4 Å². The molecular weight excluding hydrogens is 296 g/mol. The first kappa shape index (κ1) is 14.9. The lowest BCUT2D eigenvalue weighted by Gasteiger charge is -2.04. The molecule has 0 aliphatic heterocycles. The number of carbonyl (C=O) groups excluding carboxylic acids is 1. The van der Waals surface area contributed by atoms with Crippen LogP contribution >= 0.6 is 0 Å². The van der Waals surface area contributed by atoms with Gasteiger partial charge in [-0.25, -0.2) is 0 Å². The first-order valence-electron chi connectivity index (χ1n) is 7.18. The number of rotatable bonds is 5. The van der Waals surface area contributed by atoms with Crippen LogP contribution in [-0.2, 0) is 6.54 Å². The number of aryl methyl sites for hydroxylation is 2. The normalized spacial score (nSPS) is 10.7. The zero-order chi connectivity index (χ0) is 16.2. The number of amides is 1. The average molecular weight is 312 g/mol. The molecule has 0 spiro atoms. The topological polar surface area (TPSA) is 98.7 Å². The first-order valence-corrected chi connectivity index (χ1v) is 7.18. The van der Waals surface area contributed by atoms with E-state index in [-0.39, 0.29) is 11.7 Å². The highest BCUT2D eigenvalue weighted by atomic mass is 16.5. The molecule has 8 heteroatoms. The number of pyridine rings is 1. The SMILES string of the molecule is Cc1cc(C)n(CCNC(=O)c2nc(-c3ccccn3)no2)n1. The van der Waals surface area contributed by atoms with Crippen molar-refractivity contribution >= 4 is 5.91 Å². The molecule has 3 rings (SSSR count). The van der Waals surface area contributed by atoms with Crippen molar-refractivity contribution in [3.8, 4) is 11.5 Å². The van der Waals surface area contributed by atoms with Crippen molar-refractivity contribution in [2.24, 2.45) is 0 Å². The summed E-state index contributed by atoms with van der Waals surface area (Å²) in [6.45, 7) is 4.90. The highest BCUT2D eigenvalue weighted by Crippen LogP contribution is 2.11. The molecule has 0 aromatic carbocycles. The van der Waals surface area contributed by atoms with Crippen molar-refractivity contribution < 1.29 is 9.32 Å². The maximum absolute atomic E-state index is 12.0. The highest BCUT2D eigenvalue weighted by Gasteiger charge is 2.16. The molecule has 0 saturated heterocycles. The third-order valence-electron chi connectivity index (χ3n) is 3.23. The Hall–Kier alpha value is -3.03. The summed E-state index contributed by atoms with van der Waals surface area (Å²) in [5.41, 5.74) is 2.55. The van der Waals surface area contributed by atoms with Crippen molar-refractivity contribution in [2.45, 2.75) is 20.4 Å². The minimum absolute atomic E-state index is 0.0842. The second kappa shape index (κ2) is 6.39. The van der Waals surface area contributed by atoms with Crippen molar-refractivity contribution in [2.75, 3.05) is 6.54 Å². The summed E-state index contributed by atoms with van der Waals surface area (Å²) in [6.07, 6.45) is 1.62. The number of aromatic nitrogens is 5. The molecule has 0 aliphatic carbocycles. The lowest BCUT2D eigenvalue weighted by molar-refractivity contribution is 0.0908. The fourth-order valence-corrected chi connectivity index (χ4v) is 2.17. The van der Waals surface area contributed by atoms with Crippen LogP contribution in [0.2, 0.25) is 0 Å². The van der Waals surface area contributed by atoms with Gasteiger partial charge in [0.15, 0.2) is 0 Å². The number of carbonyl (C=O) groups is 1. The van der Waals surface area contributed by atoms with Gasteiger partial charge >= 0.3 is 11.8 Å². The van der Waals surface area contributed by atoms with Gasteiger partial charge < -0.3 is 9.84 Å². The molecule has 0 fully saturated rings. The van der Waals surface area contributed by atoms with E-state index in [4.69, 9.17) is 4.52 Å². The van der Waals surface area contributed by atoms with E-state index in [1.54, 1.807) is 18.3 Å². The molecule has 0 unspecified atom stereocenters. The summed E-state index contributed by atoms with van der Waals surface area (Å²) in [5, 5.41) is 10.8. The largest absolute Gasteiger partial charge is 0.346 e. The first-order chi connectivity index (χ1) is 11.1. The van der Waals surface area contributed by atoms with Crippen molar-refractivity contribution in [3.63, 3.8) is 0 Å². The third-order valence-corrected chi connectivity index (χ3v) is 3.23. The Morgan fingerprint density at radius 2 is 2.22 bits per heavy atom. The van der Waals surface area contributed by atoms with Gasteiger partial charge in [0.2, 0.25) is 5.82 Å². The zero-order valence-electron chi connectivity index (χ0n) is 12.9. The molecule has 3 aromatic heterocycles. The maximum atomic E-state index is 12.0. The number of hydrogen-bond acceptors (Lipinski definition) is 6. The van der Waals surface area contributed by atoms with Gasteiger partial charge in [-0.3, -0.25) is 14.5 Å². The predicted octanol–water partition coefficient (Wildman–Crippen LogP) is 1.37. The Kier molecular flexibility index (Phi) is 4.13. The smallest absolute Gasteiger partial charge is 0.316 e. The Balaban J connectivity index is 1.59. The highest BCUT2D eigenvalue weighted by molar-refractivity contribution is 5.89. The summed E-state index contributed by atoms with van der Waals surface area (Å²) in [6, 6.07) is 7.33. The summed E-state index contributed by atoms with van der Waals surface area (Å²) in [5.74, 6) is -0.213. The van der Waals surface area contributed by atoms with Gasteiger partial charge in [-0.1, -0.05) is 11.2 Å². The lowest BCUT2D eigenvalue weighted by Crippen LogP contribution is -2.28. The van der Waals surface area contributed by atoms with Crippen LogP contribution in [0.4, 0.5) is 0 Å². The van der Waals surface area contributed by atoms with Gasteiger partial charge in [-0.15, -0.1) is 0 Å². The van der Waals surface area contributed by atoms with Gasteiger partial charge in [0.05, 0.1) is 12.2 Å². The second-order valence-corrected chi connectivity index (χ2v) is 5.04. The van der Waals surface area contributed by atoms with E-state index in [1.807, 2.05) is 30.7 Å². The fraction of sp³-hybridized carbons (Fsp3) is 0.267. The fourth-order valence-electron chi connectivity index (χ4n) is 2.17. The van der Waals surface area contributed by atoms with Crippen LogP contribution in [0.15, 0.2) is 35.0 Å². The van der Waals surface area contributed by atoms with Gasteiger partial charge in [0.1, 0.15) is 5.69 Å². The Labute approximate surface area is 132 Å². The Bertz CT molecular complexity index is 808. The van der Waals surface area contributed by atoms with Crippen LogP contribution in [0.1, 0.15) is 22.1 Å². The summed E-state index contributed by atoms with van der Waals surface area (Å²) in [7, 11) is 0. The van der Waals surface area contributed by atoms with Gasteiger partial charge in [-0.2, -0.15) is 10.1 Å². The molecule has 0 bridgehead atoms. The van der Waals surface area contributed by atoms with Crippen LogP contribution in [0.3, 0.4) is 0 Å². The average Bonchev–Trinajstić information content (AvgIpc) is 3.15. The molecule has 118 valence electrons. The monoisotopic (exact) mass is 312 g/mol. The molecule has 8 nitrogen and oxygen atoms in total. The second-order valence-electron chi connectivity index (χ2n) is 5.04. The number of hydrogen-bond donors (Lipinski definition) is 1. The number of nitrogens with one attached hydrogen (secondary N) is 1. The molecule has 0 atom stereocenters. The summed E-state index contributed by atoms with van der Waals surface area (Å²) < 4.78 is 6.81. The van der Waals surface area contributed by atoms with E-state index in [0.717, 1.165) is 11.4 Å². The Morgan fingerprint density at radius 1 is 1.35 bits per heavy atom. The van der Waals surface area contributed by atoms with Gasteiger partial charge in [-0.05, 0) is 32.0 Å². The lowest BCUT2D eigenvalue weighted by atomic mass is 10.3. The predicted molar refractivity (Wildman–Crippen MR) is 81.6 cm³/mol.